The highest BCUT2D eigenvalue weighted by Gasteiger charge is 2.00. The Kier molecular flexibility index (Phi) is 5.12. The maximum absolute atomic E-state index is 11.3. The number of aliphatic hydroxyl groups excluding tert-OH is 1. The second-order valence-electron chi connectivity index (χ2n) is 2.48. The number of hydrogen-bond acceptors (Lipinski definition) is 3. The molecular formula is C9H12O2S2. The van der Waals surface area contributed by atoms with E-state index in [9.17, 15) is 4.21 Å². The molecule has 1 atom stereocenters. The molecule has 0 saturated carbocycles. The minimum atomic E-state index is -0.914. The Morgan fingerprint density at radius 3 is 2.62 bits per heavy atom. The van der Waals surface area contributed by atoms with Crippen molar-refractivity contribution < 1.29 is 9.32 Å². The standard InChI is InChI=1S/C9H12O2S2/c10-6-7-12-13(11)8-9-4-2-1-3-5-9/h1-5,10H,6-8H2. The summed E-state index contributed by atoms with van der Waals surface area (Å²) in [6.07, 6.45) is 0. The Bertz CT molecular complexity index is 262. The summed E-state index contributed by atoms with van der Waals surface area (Å²) in [7, 11) is 0.379. The number of benzene rings is 1. The molecule has 0 spiro atoms. The van der Waals surface area contributed by atoms with Crippen LogP contribution in [0.3, 0.4) is 0 Å². The average molecular weight is 216 g/mol. The van der Waals surface area contributed by atoms with Crippen molar-refractivity contribution in [3.63, 3.8) is 0 Å². The van der Waals surface area contributed by atoms with Crippen LogP contribution in [-0.4, -0.2) is 21.7 Å². The first-order chi connectivity index (χ1) is 6.33. The van der Waals surface area contributed by atoms with Gasteiger partial charge in [-0.2, -0.15) is 0 Å². The van der Waals surface area contributed by atoms with E-state index in [1.54, 1.807) is 0 Å². The molecule has 0 radical (unpaired) electrons. The molecule has 1 unspecified atom stereocenters. The first-order valence-corrected chi connectivity index (χ1v) is 6.81. The maximum atomic E-state index is 11.3. The van der Waals surface area contributed by atoms with Gasteiger partial charge < -0.3 is 5.11 Å². The van der Waals surface area contributed by atoms with E-state index in [0.29, 0.717) is 11.5 Å². The van der Waals surface area contributed by atoms with Crippen molar-refractivity contribution in [1.29, 1.82) is 0 Å². The molecule has 4 heteroatoms. The van der Waals surface area contributed by atoms with Crippen molar-refractivity contribution in [2.75, 3.05) is 12.4 Å². The highest BCUT2D eigenvalue weighted by Crippen LogP contribution is 2.12. The molecule has 1 N–H and O–H groups in total. The van der Waals surface area contributed by atoms with Crippen molar-refractivity contribution in [2.45, 2.75) is 5.75 Å². The SMILES string of the molecule is O=S(Cc1ccccc1)SCCO. The van der Waals surface area contributed by atoms with E-state index in [-0.39, 0.29) is 6.61 Å². The fourth-order valence-corrected chi connectivity index (χ4v) is 3.13. The molecule has 72 valence electrons. The Morgan fingerprint density at radius 2 is 2.00 bits per heavy atom. The van der Waals surface area contributed by atoms with Gasteiger partial charge in [0.05, 0.1) is 22.2 Å². The zero-order chi connectivity index (χ0) is 9.52. The topological polar surface area (TPSA) is 37.3 Å². The van der Waals surface area contributed by atoms with Crippen LogP contribution in [0.1, 0.15) is 5.56 Å². The van der Waals surface area contributed by atoms with Gasteiger partial charge in [-0.05, 0) is 5.56 Å². The van der Waals surface area contributed by atoms with Crippen molar-refractivity contribution in [1.82, 2.24) is 0 Å². The third-order valence-electron chi connectivity index (χ3n) is 1.43. The van der Waals surface area contributed by atoms with E-state index in [2.05, 4.69) is 0 Å². The zero-order valence-electron chi connectivity index (χ0n) is 7.18. The summed E-state index contributed by atoms with van der Waals surface area (Å²) in [5.74, 6) is 1.10. The molecule has 0 bridgehead atoms. The van der Waals surface area contributed by atoms with Crippen LogP contribution in [0.2, 0.25) is 0 Å². The molecule has 0 aliphatic carbocycles. The van der Waals surface area contributed by atoms with Crippen molar-refractivity contribution >= 4 is 20.6 Å². The monoisotopic (exact) mass is 216 g/mol. The van der Waals surface area contributed by atoms with Gasteiger partial charge in [0.15, 0.2) is 0 Å². The molecule has 0 aliphatic heterocycles. The molecule has 0 saturated heterocycles. The molecule has 13 heavy (non-hydrogen) atoms. The second kappa shape index (κ2) is 6.18. The molecule has 2 nitrogen and oxygen atoms in total. The van der Waals surface area contributed by atoms with Crippen LogP contribution in [0.5, 0.6) is 0 Å². The van der Waals surface area contributed by atoms with Crippen LogP contribution in [-0.2, 0) is 15.6 Å². The molecule has 0 amide bonds. The van der Waals surface area contributed by atoms with Crippen molar-refractivity contribution in [3.05, 3.63) is 35.9 Å². The van der Waals surface area contributed by atoms with E-state index < -0.39 is 9.83 Å². The van der Waals surface area contributed by atoms with Crippen molar-refractivity contribution in [2.24, 2.45) is 0 Å². The smallest absolute Gasteiger partial charge is 0.0849 e. The Morgan fingerprint density at radius 1 is 1.31 bits per heavy atom. The molecule has 0 fully saturated rings. The largest absolute Gasteiger partial charge is 0.395 e. The minimum absolute atomic E-state index is 0.0885. The summed E-state index contributed by atoms with van der Waals surface area (Å²) in [6.45, 7) is 0.0885. The van der Waals surface area contributed by atoms with Crippen molar-refractivity contribution in [3.8, 4) is 0 Å². The van der Waals surface area contributed by atoms with Crippen LogP contribution in [0.4, 0.5) is 0 Å². The normalized spacial score (nSPS) is 12.7. The number of rotatable bonds is 5. The van der Waals surface area contributed by atoms with Crippen LogP contribution >= 0.6 is 10.8 Å². The quantitative estimate of drug-likeness (QED) is 0.759. The van der Waals surface area contributed by atoms with Crippen LogP contribution in [0.25, 0.3) is 0 Å². The van der Waals surface area contributed by atoms with Gasteiger partial charge in [-0.25, -0.2) is 4.21 Å². The Balaban J connectivity index is 2.37. The van der Waals surface area contributed by atoms with Gasteiger partial charge in [0, 0.05) is 5.75 Å². The van der Waals surface area contributed by atoms with E-state index >= 15 is 0 Å². The number of hydrogen-bond donors (Lipinski definition) is 1. The molecular weight excluding hydrogens is 204 g/mol. The van der Waals surface area contributed by atoms with Gasteiger partial charge in [0.2, 0.25) is 0 Å². The Hall–Kier alpha value is -0.320. The van der Waals surface area contributed by atoms with Crippen LogP contribution in [0.15, 0.2) is 30.3 Å². The fourth-order valence-electron chi connectivity index (χ4n) is 0.882. The summed E-state index contributed by atoms with van der Waals surface area (Å²) in [4.78, 5) is 0. The first kappa shape index (κ1) is 10.8. The molecule has 1 aromatic carbocycles. The molecule has 0 heterocycles. The van der Waals surface area contributed by atoms with E-state index in [0.717, 1.165) is 5.56 Å². The zero-order valence-corrected chi connectivity index (χ0v) is 8.81. The molecule has 0 aliphatic rings. The maximum Gasteiger partial charge on any atom is 0.0849 e. The summed E-state index contributed by atoms with van der Waals surface area (Å²) in [6, 6.07) is 9.72. The van der Waals surface area contributed by atoms with E-state index in [1.807, 2.05) is 30.3 Å². The lowest BCUT2D eigenvalue weighted by Crippen LogP contribution is -1.94. The summed E-state index contributed by atoms with van der Waals surface area (Å²) >= 11 is 0. The highest BCUT2D eigenvalue weighted by atomic mass is 33.1. The molecule has 1 rings (SSSR count). The van der Waals surface area contributed by atoms with Gasteiger partial charge in [0.1, 0.15) is 0 Å². The first-order valence-electron chi connectivity index (χ1n) is 3.99. The third kappa shape index (κ3) is 4.45. The van der Waals surface area contributed by atoms with E-state index in [1.165, 1.54) is 10.8 Å². The van der Waals surface area contributed by atoms with Crippen LogP contribution in [0, 0.1) is 0 Å². The fraction of sp³-hybridized carbons (Fsp3) is 0.333. The lowest BCUT2D eigenvalue weighted by atomic mass is 10.2. The van der Waals surface area contributed by atoms with Gasteiger partial charge in [0.25, 0.3) is 0 Å². The van der Waals surface area contributed by atoms with Gasteiger partial charge in [-0.15, -0.1) is 0 Å². The van der Waals surface area contributed by atoms with Gasteiger partial charge in [-0.3, -0.25) is 0 Å². The second-order valence-corrected chi connectivity index (χ2v) is 5.84. The average Bonchev–Trinajstić information content (AvgIpc) is 2.16. The van der Waals surface area contributed by atoms with Gasteiger partial charge in [-0.1, -0.05) is 41.1 Å². The predicted octanol–water partition coefficient (Wildman–Crippen LogP) is 1.58. The summed E-state index contributed by atoms with van der Waals surface area (Å²) in [5, 5.41) is 8.53. The predicted molar refractivity (Wildman–Crippen MR) is 57.8 cm³/mol. The molecule has 1 aromatic rings. The lowest BCUT2D eigenvalue weighted by Gasteiger charge is -1.99. The number of aliphatic hydroxyl groups is 1. The molecule has 0 aromatic heterocycles. The summed E-state index contributed by atoms with van der Waals surface area (Å²) in [5.41, 5.74) is 1.08. The van der Waals surface area contributed by atoms with Gasteiger partial charge >= 0.3 is 0 Å². The lowest BCUT2D eigenvalue weighted by molar-refractivity contribution is 0.323. The summed E-state index contributed by atoms with van der Waals surface area (Å²) < 4.78 is 11.3. The Labute approximate surface area is 84.2 Å². The van der Waals surface area contributed by atoms with Crippen LogP contribution < -0.4 is 0 Å². The van der Waals surface area contributed by atoms with E-state index in [4.69, 9.17) is 5.11 Å². The minimum Gasteiger partial charge on any atom is -0.395 e. The third-order valence-corrected chi connectivity index (χ3v) is 4.26. The highest BCUT2D eigenvalue weighted by molar-refractivity contribution is 8.68.